The van der Waals surface area contributed by atoms with E-state index in [1.807, 2.05) is 32.0 Å². The Balaban J connectivity index is 2.14. The molecule has 2 heterocycles. The summed E-state index contributed by atoms with van der Waals surface area (Å²) in [5.41, 5.74) is 0.675. The van der Waals surface area contributed by atoms with Crippen molar-refractivity contribution in [2.24, 2.45) is 5.92 Å². The van der Waals surface area contributed by atoms with E-state index in [1.165, 1.54) is 0 Å². The van der Waals surface area contributed by atoms with E-state index >= 15 is 0 Å². The van der Waals surface area contributed by atoms with Crippen LogP contribution < -0.4 is 5.32 Å². The Kier molecular flexibility index (Phi) is 3.18. The molecule has 1 N–H and O–H groups in total. The van der Waals surface area contributed by atoms with Crippen molar-refractivity contribution in [3.8, 4) is 5.82 Å². The Hall–Kier alpha value is -2.17. The molecule has 1 amide bonds. The highest BCUT2D eigenvalue weighted by Gasteiger charge is 2.08. The molecule has 0 bridgehead atoms. The minimum absolute atomic E-state index is 0.0226. The van der Waals surface area contributed by atoms with Gasteiger partial charge in [-0.15, -0.1) is 0 Å². The zero-order valence-corrected chi connectivity index (χ0v) is 9.79. The van der Waals surface area contributed by atoms with Gasteiger partial charge < -0.3 is 5.32 Å². The van der Waals surface area contributed by atoms with Crippen LogP contribution in [-0.2, 0) is 4.79 Å². The highest BCUT2D eigenvalue weighted by molar-refractivity contribution is 5.91. The summed E-state index contributed by atoms with van der Waals surface area (Å²) in [7, 11) is 0. The van der Waals surface area contributed by atoms with E-state index in [9.17, 15) is 4.79 Å². The quantitative estimate of drug-likeness (QED) is 0.875. The van der Waals surface area contributed by atoms with Crippen molar-refractivity contribution in [2.75, 3.05) is 5.32 Å². The van der Waals surface area contributed by atoms with Crippen molar-refractivity contribution in [2.45, 2.75) is 13.8 Å². The van der Waals surface area contributed by atoms with Gasteiger partial charge in [0.15, 0.2) is 5.82 Å². The normalized spacial score (nSPS) is 10.5. The zero-order chi connectivity index (χ0) is 12.3. The molecule has 2 rings (SSSR count). The number of pyridine rings is 1. The predicted molar refractivity (Wildman–Crippen MR) is 64.8 cm³/mol. The first-order chi connectivity index (χ1) is 8.16. The van der Waals surface area contributed by atoms with E-state index in [2.05, 4.69) is 15.4 Å². The van der Waals surface area contributed by atoms with E-state index in [4.69, 9.17) is 0 Å². The number of nitrogens with zero attached hydrogens (tertiary/aromatic N) is 3. The van der Waals surface area contributed by atoms with Crippen molar-refractivity contribution < 1.29 is 4.79 Å². The average molecular weight is 230 g/mol. The lowest BCUT2D eigenvalue weighted by molar-refractivity contribution is -0.118. The number of anilines is 1. The van der Waals surface area contributed by atoms with Gasteiger partial charge in [0, 0.05) is 12.1 Å². The maximum atomic E-state index is 11.5. The third-order valence-corrected chi connectivity index (χ3v) is 2.26. The molecule has 0 fully saturated rings. The smallest absolute Gasteiger partial charge is 0.227 e. The Labute approximate surface area is 99.5 Å². The lowest BCUT2D eigenvalue weighted by atomic mass is 10.2. The van der Waals surface area contributed by atoms with Crippen molar-refractivity contribution >= 4 is 11.6 Å². The summed E-state index contributed by atoms with van der Waals surface area (Å²) in [5, 5.41) is 6.92. The second-order valence-corrected chi connectivity index (χ2v) is 4.01. The first kappa shape index (κ1) is 11.3. The lowest BCUT2D eigenvalue weighted by Crippen LogP contribution is -2.17. The number of aromatic nitrogens is 3. The van der Waals surface area contributed by atoms with Gasteiger partial charge in [0.2, 0.25) is 5.91 Å². The summed E-state index contributed by atoms with van der Waals surface area (Å²) < 4.78 is 1.62. The predicted octanol–water partition coefficient (Wildman–Crippen LogP) is 1.86. The van der Waals surface area contributed by atoms with Crippen molar-refractivity contribution in [3.05, 3.63) is 36.8 Å². The molecular formula is C12H14N4O. The minimum atomic E-state index is -0.0480. The maximum Gasteiger partial charge on any atom is 0.227 e. The third-order valence-electron chi connectivity index (χ3n) is 2.26. The standard InChI is InChI=1S/C12H14N4O/c1-9(2)12(17)15-10-7-14-16(8-10)11-5-3-4-6-13-11/h3-9H,1-2H3,(H,15,17). The molecule has 0 aromatic carbocycles. The van der Waals surface area contributed by atoms with E-state index in [0.29, 0.717) is 5.69 Å². The summed E-state index contributed by atoms with van der Waals surface area (Å²) in [5.74, 6) is 0.649. The molecule has 5 heteroatoms. The van der Waals surface area contributed by atoms with Crippen molar-refractivity contribution in [3.63, 3.8) is 0 Å². The number of hydrogen-bond acceptors (Lipinski definition) is 3. The number of carbonyl (C=O) groups excluding carboxylic acids is 1. The van der Waals surface area contributed by atoms with Gasteiger partial charge in [-0.2, -0.15) is 5.10 Å². The molecular weight excluding hydrogens is 216 g/mol. The minimum Gasteiger partial charge on any atom is -0.323 e. The monoisotopic (exact) mass is 230 g/mol. The van der Waals surface area contributed by atoms with Gasteiger partial charge in [-0.3, -0.25) is 4.79 Å². The van der Waals surface area contributed by atoms with Gasteiger partial charge in [-0.25, -0.2) is 9.67 Å². The zero-order valence-electron chi connectivity index (χ0n) is 9.79. The highest BCUT2D eigenvalue weighted by atomic mass is 16.1. The second-order valence-electron chi connectivity index (χ2n) is 4.01. The van der Waals surface area contributed by atoms with Gasteiger partial charge in [0.25, 0.3) is 0 Å². The summed E-state index contributed by atoms with van der Waals surface area (Å²) >= 11 is 0. The number of nitrogens with one attached hydrogen (secondary N) is 1. The highest BCUT2D eigenvalue weighted by Crippen LogP contribution is 2.10. The summed E-state index contributed by atoms with van der Waals surface area (Å²) in [4.78, 5) is 15.7. The molecule has 0 aliphatic carbocycles. The van der Waals surface area contributed by atoms with Crippen LogP contribution in [0, 0.1) is 5.92 Å². The molecule has 17 heavy (non-hydrogen) atoms. The molecule has 0 aliphatic rings. The second kappa shape index (κ2) is 4.78. The molecule has 0 saturated heterocycles. The molecule has 2 aromatic heterocycles. The van der Waals surface area contributed by atoms with Crippen LogP contribution in [0.4, 0.5) is 5.69 Å². The van der Waals surface area contributed by atoms with Crippen molar-refractivity contribution in [1.29, 1.82) is 0 Å². The van der Waals surface area contributed by atoms with Crippen LogP contribution in [0.15, 0.2) is 36.8 Å². The van der Waals surface area contributed by atoms with E-state index in [-0.39, 0.29) is 11.8 Å². The van der Waals surface area contributed by atoms with Crippen molar-refractivity contribution in [1.82, 2.24) is 14.8 Å². The lowest BCUT2D eigenvalue weighted by Gasteiger charge is -2.04. The first-order valence-electron chi connectivity index (χ1n) is 5.44. The number of amides is 1. The van der Waals surface area contributed by atoms with Crippen LogP contribution in [0.5, 0.6) is 0 Å². The molecule has 0 spiro atoms. The molecule has 0 atom stereocenters. The molecule has 5 nitrogen and oxygen atoms in total. The van der Waals surface area contributed by atoms with Gasteiger partial charge >= 0.3 is 0 Å². The Morgan fingerprint density at radius 1 is 1.41 bits per heavy atom. The fourth-order valence-electron chi connectivity index (χ4n) is 1.29. The topological polar surface area (TPSA) is 59.8 Å². The average Bonchev–Trinajstić information content (AvgIpc) is 2.78. The third kappa shape index (κ3) is 2.69. The van der Waals surface area contributed by atoms with Crippen LogP contribution in [0.3, 0.4) is 0 Å². The number of hydrogen-bond donors (Lipinski definition) is 1. The molecule has 0 aliphatic heterocycles. The van der Waals surface area contributed by atoms with Gasteiger partial charge in [0.05, 0.1) is 18.1 Å². The Bertz CT molecular complexity index is 504. The number of rotatable bonds is 3. The van der Waals surface area contributed by atoms with Crippen LogP contribution in [-0.4, -0.2) is 20.7 Å². The molecule has 0 saturated carbocycles. The molecule has 2 aromatic rings. The summed E-state index contributed by atoms with van der Waals surface area (Å²) in [6.07, 6.45) is 5.04. The van der Waals surface area contributed by atoms with Gasteiger partial charge in [-0.05, 0) is 12.1 Å². The fourth-order valence-corrected chi connectivity index (χ4v) is 1.29. The largest absolute Gasteiger partial charge is 0.323 e. The van der Waals surface area contributed by atoms with Crippen LogP contribution in [0.2, 0.25) is 0 Å². The SMILES string of the molecule is CC(C)C(=O)Nc1cnn(-c2ccccn2)c1. The Morgan fingerprint density at radius 2 is 2.24 bits per heavy atom. The van der Waals surface area contributed by atoms with Crippen LogP contribution in [0.25, 0.3) is 5.82 Å². The number of carbonyl (C=O) groups is 1. The maximum absolute atomic E-state index is 11.5. The van der Waals surface area contributed by atoms with E-state index < -0.39 is 0 Å². The van der Waals surface area contributed by atoms with Gasteiger partial charge in [0.1, 0.15) is 0 Å². The van der Waals surface area contributed by atoms with Crippen LogP contribution >= 0.6 is 0 Å². The van der Waals surface area contributed by atoms with Crippen LogP contribution in [0.1, 0.15) is 13.8 Å². The molecule has 88 valence electrons. The molecule has 0 radical (unpaired) electrons. The van der Waals surface area contributed by atoms with E-state index in [0.717, 1.165) is 5.82 Å². The first-order valence-corrected chi connectivity index (χ1v) is 5.44. The van der Waals surface area contributed by atoms with E-state index in [1.54, 1.807) is 23.3 Å². The summed E-state index contributed by atoms with van der Waals surface area (Å²) in [6.45, 7) is 3.69. The Morgan fingerprint density at radius 3 is 2.88 bits per heavy atom. The molecule has 0 unspecified atom stereocenters. The van der Waals surface area contributed by atoms with Gasteiger partial charge in [-0.1, -0.05) is 19.9 Å². The fraction of sp³-hybridized carbons (Fsp3) is 0.250. The summed E-state index contributed by atoms with van der Waals surface area (Å²) in [6, 6.07) is 5.58.